The molecule has 0 bridgehead atoms. The van der Waals surface area contributed by atoms with Crippen molar-refractivity contribution in [2.45, 2.75) is 33.8 Å². The lowest BCUT2D eigenvalue weighted by Crippen LogP contribution is -1.99. The largest absolute Gasteiger partial charge is 0.468 e. The van der Waals surface area contributed by atoms with Crippen molar-refractivity contribution < 1.29 is 32.7 Å². The van der Waals surface area contributed by atoms with Gasteiger partial charge in [-0.1, -0.05) is 0 Å². The molecule has 0 saturated heterocycles. The summed E-state index contributed by atoms with van der Waals surface area (Å²) < 4.78 is 35.1. The monoisotopic (exact) mass is 276 g/mol. The van der Waals surface area contributed by atoms with Crippen molar-refractivity contribution >= 4 is 16.6 Å². The quantitative estimate of drug-likeness (QED) is 0.581. The fourth-order valence-electron chi connectivity index (χ4n) is 0.401. The van der Waals surface area contributed by atoms with Crippen molar-refractivity contribution in [1.82, 2.24) is 0 Å². The summed E-state index contributed by atoms with van der Waals surface area (Å²) >= 11 is 0. The third-order valence-electron chi connectivity index (χ3n) is 0.735. The van der Waals surface area contributed by atoms with E-state index in [4.69, 9.17) is 9.29 Å². The van der Waals surface area contributed by atoms with Crippen LogP contribution < -0.4 is 0 Å². The predicted molar refractivity (Wildman–Crippen MR) is 65.5 cm³/mol. The van der Waals surface area contributed by atoms with Crippen LogP contribution in [0.2, 0.25) is 0 Å². The van der Waals surface area contributed by atoms with E-state index in [0.29, 0.717) is 25.4 Å². The lowest BCUT2D eigenvalue weighted by molar-refractivity contribution is -0.128. The number of ether oxygens (including phenoxy) is 2. The molecule has 0 aliphatic heterocycles. The number of carbonyl (C=O) groups excluding carboxylic acids is 1. The van der Waals surface area contributed by atoms with E-state index in [1.165, 1.54) is 0 Å². The maximum atomic E-state index is 9.19. The van der Waals surface area contributed by atoms with Gasteiger partial charge in [-0.2, -0.15) is 8.42 Å². The van der Waals surface area contributed by atoms with E-state index in [9.17, 15) is 13.2 Å². The second-order valence-corrected chi connectivity index (χ2v) is 4.25. The van der Waals surface area contributed by atoms with E-state index < -0.39 is 10.1 Å². The molecule has 0 radical (unpaired) electrons. The first kappa shape index (κ1) is 25.2. The Morgan fingerprint density at radius 1 is 1.24 bits per heavy atom. The average molecular weight is 276 g/mol. The molecule has 3 N–H and O–H groups in total. The normalized spacial score (nSPS) is 8.88. The summed E-state index contributed by atoms with van der Waals surface area (Å²) in [4.78, 5) is 9.18. The van der Waals surface area contributed by atoms with Gasteiger partial charge in [0.25, 0.3) is 16.6 Å². The van der Waals surface area contributed by atoms with Crippen molar-refractivity contribution in [1.29, 1.82) is 0 Å². The highest BCUT2D eigenvalue weighted by Gasteiger charge is 1.83. The van der Waals surface area contributed by atoms with Crippen LogP contribution in [0.4, 0.5) is 0 Å². The Morgan fingerprint density at radius 3 is 1.59 bits per heavy atom. The zero-order valence-electron chi connectivity index (χ0n) is 11.0. The molecule has 0 rings (SSSR count). The standard InChI is InChI=1S/C5H12O.C3H6O2.CH4O3S.H2O/c1-4-6-5(2)3;1-2-5-3-4;1-5(2,3)4;/h5H,4H2,1-3H3;3H,2H2,1H3;1H3,(H,2,3,4);1H2. The van der Waals surface area contributed by atoms with Crippen LogP contribution >= 0.6 is 0 Å². The molecule has 0 saturated carbocycles. The van der Waals surface area contributed by atoms with E-state index >= 15 is 0 Å². The van der Waals surface area contributed by atoms with Gasteiger partial charge in [0.15, 0.2) is 0 Å². The fourth-order valence-corrected chi connectivity index (χ4v) is 0.401. The van der Waals surface area contributed by atoms with Crippen LogP contribution in [0.3, 0.4) is 0 Å². The Bertz CT molecular complexity index is 215. The first-order valence-electron chi connectivity index (χ1n) is 4.78. The second-order valence-electron chi connectivity index (χ2n) is 2.79. The summed E-state index contributed by atoms with van der Waals surface area (Å²) in [5.41, 5.74) is 0. The van der Waals surface area contributed by atoms with Crippen LogP contribution in [0, 0.1) is 0 Å². The molecule has 0 heterocycles. The Kier molecular flexibility index (Phi) is 26.2. The topological polar surface area (TPSA) is 121 Å². The van der Waals surface area contributed by atoms with Crippen LogP contribution in [0.5, 0.6) is 0 Å². The summed E-state index contributed by atoms with van der Waals surface area (Å²) in [5, 5.41) is 0. The van der Waals surface area contributed by atoms with E-state index in [1.807, 2.05) is 20.8 Å². The molecule has 0 aromatic carbocycles. The molecule has 0 aliphatic carbocycles. The molecule has 7 nitrogen and oxygen atoms in total. The van der Waals surface area contributed by atoms with Crippen molar-refractivity contribution in [3.63, 3.8) is 0 Å². The third kappa shape index (κ3) is 146. The Hall–Kier alpha value is -0.700. The maximum absolute atomic E-state index is 9.19. The van der Waals surface area contributed by atoms with Crippen LogP contribution in [0.15, 0.2) is 0 Å². The van der Waals surface area contributed by atoms with E-state index in [1.54, 1.807) is 6.92 Å². The number of carbonyl (C=O) groups is 1. The van der Waals surface area contributed by atoms with Crippen molar-refractivity contribution in [2.24, 2.45) is 0 Å². The van der Waals surface area contributed by atoms with Crippen molar-refractivity contribution in [2.75, 3.05) is 19.5 Å². The Balaban J connectivity index is -0.0000000729. The fraction of sp³-hybridized carbons (Fsp3) is 0.889. The minimum absolute atomic E-state index is 0. The van der Waals surface area contributed by atoms with Gasteiger partial charge in [0.2, 0.25) is 0 Å². The van der Waals surface area contributed by atoms with Crippen molar-refractivity contribution in [3.05, 3.63) is 0 Å². The van der Waals surface area contributed by atoms with Gasteiger partial charge in [0.1, 0.15) is 0 Å². The van der Waals surface area contributed by atoms with Gasteiger partial charge in [0.05, 0.1) is 19.0 Å². The number of hydrogen-bond acceptors (Lipinski definition) is 5. The smallest absolute Gasteiger partial charge is 0.293 e. The predicted octanol–water partition coefficient (Wildman–Crippen LogP) is 0.290. The van der Waals surface area contributed by atoms with Crippen LogP contribution in [-0.4, -0.2) is 50.5 Å². The van der Waals surface area contributed by atoms with Gasteiger partial charge < -0.3 is 14.9 Å². The van der Waals surface area contributed by atoms with E-state index in [-0.39, 0.29) is 5.48 Å². The molecule has 0 atom stereocenters. The molecular formula is C9H24O7S. The summed E-state index contributed by atoms with van der Waals surface area (Å²) in [5.74, 6) is 0. The van der Waals surface area contributed by atoms with Gasteiger partial charge in [-0.05, 0) is 27.7 Å². The van der Waals surface area contributed by atoms with Gasteiger partial charge in [-0.15, -0.1) is 0 Å². The van der Waals surface area contributed by atoms with E-state index in [0.717, 1.165) is 6.61 Å². The lowest BCUT2D eigenvalue weighted by Gasteiger charge is -2.00. The van der Waals surface area contributed by atoms with Gasteiger partial charge in [-0.25, -0.2) is 0 Å². The summed E-state index contributed by atoms with van der Waals surface area (Å²) in [6.45, 7) is 9.56. The Morgan fingerprint density at radius 2 is 1.59 bits per heavy atom. The highest BCUT2D eigenvalue weighted by Crippen LogP contribution is 1.83. The Labute approximate surface area is 103 Å². The first-order chi connectivity index (χ1) is 7.18. The number of hydrogen-bond donors (Lipinski definition) is 1. The zero-order valence-corrected chi connectivity index (χ0v) is 11.8. The highest BCUT2D eigenvalue weighted by atomic mass is 32.2. The zero-order chi connectivity index (χ0) is 13.6. The van der Waals surface area contributed by atoms with Crippen LogP contribution in [0.25, 0.3) is 0 Å². The average Bonchev–Trinajstić information content (AvgIpc) is 2.03. The van der Waals surface area contributed by atoms with Gasteiger partial charge in [0, 0.05) is 6.61 Å². The minimum atomic E-state index is -3.67. The molecule has 0 aliphatic rings. The minimum Gasteiger partial charge on any atom is -0.468 e. The summed E-state index contributed by atoms with van der Waals surface area (Å²) in [6.07, 6.45) is 1.11. The maximum Gasteiger partial charge on any atom is 0.293 e. The van der Waals surface area contributed by atoms with Gasteiger partial charge >= 0.3 is 0 Å². The molecule has 0 spiro atoms. The summed E-state index contributed by atoms with van der Waals surface area (Å²) in [6, 6.07) is 0. The molecule has 8 heteroatoms. The highest BCUT2D eigenvalue weighted by molar-refractivity contribution is 7.85. The van der Waals surface area contributed by atoms with E-state index in [2.05, 4.69) is 4.74 Å². The molecule has 0 unspecified atom stereocenters. The molecular weight excluding hydrogens is 252 g/mol. The third-order valence-corrected chi connectivity index (χ3v) is 0.735. The summed E-state index contributed by atoms with van der Waals surface area (Å²) in [7, 11) is -3.67. The lowest BCUT2D eigenvalue weighted by atomic mass is 10.5. The van der Waals surface area contributed by atoms with Crippen LogP contribution in [-0.2, 0) is 24.4 Å². The molecule has 17 heavy (non-hydrogen) atoms. The molecule has 0 amide bonds. The first-order valence-corrected chi connectivity index (χ1v) is 6.63. The van der Waals surface area contributed by atoms with Gasteiger partial charge in [-0.3, -0.25) is 9.35 Å². The van der Waals surface area contributed by atoms with Crippen molar-refractivity contribution in [3.8, 4) is 0 Å². The molecule has 108 valence electrons. The molecule has 0 fully saturated rings. The second kappa shape index (κ2) is 17.7. The SMILES string of the molecule is CCOC(C)C.CCOC=O.CS(=O)(=O)O.O. The number of rotatable bonds is 4. The van der Waals surface area contributed by atoms with Crippen LogP contribution in [0.1, 0.15) is 27.7 Å². The molecule has 0 aromatic heterocycles. The molecule has 0 aromatic rings.